The van der Waals surface area contributed by atoms with Crippen molar-refractivity contribution in [3.05, 3.63) is 76.7 Å². The summed E-state index contributed by atoms with van der Waals surface area (Å²) in [5, 5.41) is 56.2. The molecule has 3 aliphatic rings. The first kappa shape index (κ1) is 25.6. The predicted molar refractivity (Wildman–Crippen MR) is 131 cm³/mol. The van der Waals surface area contributed by atoms with E-state index in [0.717, 1.165) is 0 Å². The van der Waals surface area contributed by atoms with Gasteiger partial charge in [-0.2, -0.15) is 0 Å². The van der Waals surface area contributed by atoms with Crippen molar-refractivity contribution in [1.29, 1.82) is 0 Å². The van der Waals surface area contributed by atoms with Crippen molar-refractivity contribution in [3.8, 4) is 16.9 Å². The number of Topliss-reactive ketones (excluding diaryl/α,β-unsaturated/α-hetero) is 2. The van der Waals surface area contributed by atoms with Crippen LogP contribution in [0.1, 0.15) is 11.1 Å². The predicted octanol–water partition coefficient (Wildman–Crippen LogP) is 0.751. The number of phenolic OH excluding ortho intramolecular Hbond substituents is 1. The number of fused-ring (bicyclic) bond motifs is 3. The van der Waals surface area contributed by atoms with E-state index in [9.17, 15) is 44.3 Å². The maximum absolute atomic E-state index is 13.8. The van der Waals surface area contributed by atoms with Gasteiger partial charge in [0.25, 0.3) is 5.91 Å². The number of aliphatic hydroxyl groups is 4. The quantitative estimate of drug-likeness (QED) is 0.316. The smallest absolute Gasteiger partial charge is 0.255 e. The molecule has 197 valence electrons. The normalized spacial score (nSPS) is 28.8. The van der Waals surface area contributed by atoms with Crippen LogP contribution in [-0.4, -0.2) is 79.7 Å². The largest absolute Gasteiger partial charge is 0.508 e. The number of amides is 1. The second-order valence-electron chi connectivity index (χ2n) is 9.86. The zero-order valence-electron chi connectivity index (χ0n) is 20.2. The number of halogens is 1. The number of hydrogen-bond donors (Lipinski definition) is 6. The van der Waals surface area contributed by atoms with E-state index in [1.165, 1.54) is 61.8 Å². The third-order valence-corrected chi connectivity index (χ3v) is 7.61. The molecule has 3 aliphatic carbocycles. The Bertz CT molecular complexity index is 1480. The van der Waals surface area contributed by atoms with E-state index in [1.807, 2.05) is 0 Å². The monoisotopic (exact) mass is 523 g/mol. The average Bonchev–Trinajstić information content (AvgIpc) is 2.84. The summed E-state index contributed by atoms with van der Waals surface area (Å²) in [6.45, 7) is 0. The zero-order valence-corrected chi connectivity index (χ0v) is 20.2. The molecule has 38 heavy (non-hydrogen) atoms. The van der Waals surface area contributed by atoms with E-state index in [4.69, 9.17) is 5.73 Å². The lowest BCUT2D eigenvalue weighted by molar-refractivity contribution is -0.167. The molecule has 2 aromatic rings. The van der Waals surface area contributed by atoms with Crippen LogP contribution in [0.3, 0.4) is 0 Å². The van der Waals surface area contributed by atoms with Gasteiger partial charge >= 0.3 is 0 Å². The lowest BCUT2D eigenvalue weighted by Crippen LogP contribution is -2.70. The molecule has 10 nitrogen and oxygen atoms in total. The molecular formula is C27H24FN2O8. The number of nitrogens with zero attached hydrogens (tertiary/aromatic N) is 1. The molecule has 1 radical (unpaired) electrons. The highest BCUT2D eigenvalue weighted by Crippen LogP contribution is 2.54. The van der Waals surface area contributed by atoms with Crippen LogP contribution in [0, 0.1) is 24.1 Å². The van der Waals surface area contributed by atoms with E-state index >= 15 is 0 Å². The number of benzene rings is 2. The van der Waals surface area contributed by atoms with Gasteiger partial charge in [-0.1, -0.05) is 24.3 Å². The number of carbonyl (C=O) groups excluding carboxylic acids is 3. The molecule has 1 saturated carbocycles. The second-order valence-corrected chi connectivity index (χ2v) is 9.86. The Morgan fingerprint density at radius 3 is 2.26 bits per heavy atom. The van der Waals surface area contributed by atoms with Gasteiger partial charge in [-0.15, -0.1) is 0 Å². The van der Waals surface area contributed by atoms with Crippen LogP contribution in [0.15, 0.2) is 53.3 Å². The highest BCUT2D eigenvalue weighted by molar-refractivity contribution is 6.24. The van der Waals surface area contributed by atoms with Gasteiger partial charge in [0.2, 0.25) is 5.78 Å². The van der Waals surface area contributed by atoms with Gasteiger partial charge in [-0.3, -0.25) is 19.3 Å². The molecule has 5 atom stereocenters. The Morgan fingerprint density at radius 2 is 1.68 bits per heavy atom. The summed E-state index contributed by atoms with van der Waals surface area (Å²) < 4.78 is 13.4. The second kappa shape index (κ2) is 8.48. The molecule has 1 amide bonds. The van der Waals surface area contributed by atoms with Crippen molar-refractivity contribution < 1.29 is 44.3 Å². The third kappa shape index (κ3) is 3.25. The molecule has 7 N–H and O–H groups in total. The molecule has 0 unspecified atom stereocenters. The van der Waals surface area contributed by atoms with Gasteiger partial charge in [0.15, 0.2) is 11.4 Å². The Kier molecular flexibility index (Phi) is 5.71. The van der Waals surface area contributed by atoms with Crippen molar-refractivity contribution in [1.82, 2.24) is 4.90 Å². The number of hydrogen-bond acceptors (Lipinski definition) is 9. The summed E-state index contributed by atoms with van der Waals surface area (Å²) >= 11 is 0. The number of phenols is 1. The molecule has 11 heteroatoms. The number of nitrogens with two attached hydrogens (primary N) is 1. The zero-order chi connectivity index (χ0) is 27.8. The number of aromatic hydroxyl groups is 1. The van der Waals surface area contributed by atoms with Gasteiger partial charge in [-0.25, -0.2) is 4.39 Å². The Balaban J connectivity index is 1.74. The van der Waals surface area contributed by atoms with Crippen molar-refractivity contribution in [3.63, 3.8) is 0 Å². The van der Waals surface area contributed by atoms with Gasteiger partial charge < -0.3 is 31.3 Å². The fraction of sp³-hybridized carbons (Fsp3) is 0.259. The Hall–Kier alpha value is -4.06. The van der Waals surface area contributed by atoms with E-state index in [1.54, 1.807) is 0 Å². The molecule has 0 bridgehead atoms. The fourth-order valence-corrected chi connectivity index (χ4v) is 5.87. The van der Waals surface area contributed by atoms with Gasteiger partial charge in [0, 0.05) is 23.5 Å². The fourth-order valence-electron chi connectivity index (χ4n) is 5.87. The summed E-state index contributed by atoms with van der Waals surface area (Å²) in [5.41, 5.74) is 1.47. The highest BCUT2D eigenvalue weighted by atomic mass is 19.1. The van der Waals surface area contributed by atoms with Crippen molar-refractivity contribution in [2.24, 2.45) is 17.6 Å². The number of carbonyl (C=O) groups is 3. The minimum atomic E-state index is -2.98. The maximum atomic E-state index is 13.8. The molecule has 0 saturated heterocycles. The van der Waals surface area contributed by atoms with E-state index in [0.29, 0.717) is 5.56 Å². The average molecular weight is 523 g/mol. The van der Waals surface area contributed by atoms with Crippen molar-refractivity contribution in [2.45, 2.75) is 17.7 Å². The summed E-state index contributed by atoms with van der Waals surface area (Å²) in [7, 11) is 2.86. The molecule has 0 aromatic heterocycles. The molecule has 0 spiro atoms. The van der Waals surface area contributed by atoms with Gasteiger partial charge in [0.05, 0.1) is 23.6 Å². The molecular weight excluding hydrogens is 499 g/mol. The molecule has 0 heterocycles. The maximum Gasteiger partial charge on any atom is 0.255 e. The van der Waals surface area contributed by atoms with Crippen LogP contribution in [0.2, 0.25) is 0 Å². The SMILES string of the molecule is CN(C)[C@H]1C(=O)C(C(N)=O)=C(O)[C@]2(O)C(=O)C3=C(O)c4c(ccc(-c5ccc(F)cc5)c4O)[CH][C@@H]3[C@@H](O)[C@H]12. The number of aliphatic hydroxyl groups excluding tert-OH is 3. The third-order valence-electron chi connectivity index (χ3n) is 7.61. The summed E-state index contributed by atoms with van der Waals surface area (Å²) in [4.78, 5) is 40.3. The molecule has 1 fully saturated rings. The van der Waals surface area contributed by atoms with E-state index < -0.39 is 81.3 Å². The van der Waals surface area contributed by atoms with Crippen LogP contribution in [0.4, 0.5) is 4.39 Å². The summed E-state index contributed by atoms with van der Waals surface area (Å²) in [6, 6.07) is 6.80. The van der Waals surface area contributed by atoms with Crippen LogP contribution in [0.5, 0.6) is 5.75 Å². The van der Waals surface area contributed by atoms with Crippen LogP contribution in [-0.2, 0) is 14.4 Å². The first-order chi connectivity index (χ1) is 17.8. The summed E-state index contributed by atoms with van der Waals surface area (Å²) in [6.07, 6.45) is -0.294. The number of ketones is 2. The van der Waals surface area contributed by atoms with E-state index in [-0.39, 0.29) is 16.7 Å². The van der Waals surface area contributed by atoms with Crippen LogP contribution in [0.25, 0.3) is 16.9 Å². The van der Waals surface area contributed by atoms with E-state index in [2.05, 4.69) is 0 Å². The first-order valence-corrected chi connectivity index (χ1v) is 11.6. The molecule has 0 aliphatic heterocycles. The number of rotatable bonds is 3. The summed E-state index contributed by atoms with van der Waals surface area (Å²) in [5.74, 6) is -9.52. The van der Waals surface area contributed by atoms with Gasteiger partial charge in [-0.05, 0) is 37.4 Å². The standard InChI is InChI=1S/C27H24FN2O8/c1-30(2)19-18-21(32)14-9-11-5-8-13(10-3-6-12(28)7-4-10)20(31)15(11)22(33)16(14)24(35)27(18,38)25(36)17(23(19)34)26(29)37/h3-9,14,18-19,21,31-33,36,38H,1-2H3,(H2,29,37)/t14-,18-,19+,21+,27+/m0/s1. The van der Waals surface area contributed by atoms with Crippen LogP contribution >= 0.6 is 0 Å². The molecule has 2 aromatic carbocycles. The lowest BCUT2D eigenvalue weighted by atomic mass is 9.56. The highest BCUT2D eigenvalue weighted by Gasteiger charge is 2.67. The lowest BCUT2D eigenvalue weighted by Gasteiger charge is -2.52. The minimum Gasteiger partial charge on any atom is -0.508 e. The number of primary amides is 1. The Morgan fingerprint density at radius 1 is 1.05 bits per heavy atom. The van der Waals surface area contributed by atoms with Crippen molar-refractivity contribution >= 4 is 23.2 Å². The van der Waals surface area contributed by atoms with Crippen LogP contribution < -0.4 is 5.73 Å². The topological polar surface area (TPSA) is 182 Å². The van der Waals surface area contributed by atoms with Gasteiger partial charge in [0.1, 0.15) is 28.7 Å². The molecule has 5 rings (SSSR count). The number of likely N-dealkylation sites (N-methyl/N-ethyl adjacent to an activating group) is 1. The van der Waals surface area contributed by atoms with Crippen molar-refractivity contribution in [2.75, 3.05) is 14.1 Å². The Labute approximate surface area is 215 Å². The minimum absolute atomic E-state index is 0.185. The first-order valence-electron chi connectivity index (χ1n) is 11.6.